The first-order valence-corrected chi connectivity index (χ1v) is 11.8. The van der Waals surface area contributed by atoms with Gasteiger partial charge >= 0.3 is 5.97 Å². The molecule has 0 aliphatic rings. The molecule has 0 aliphatic carbocycles. The average Bonchev–Trinajstić information content (AvgIpc) is 3.31. The second kappa shape index (κ2) is 12.6. The summed E-state index contributed by atoms with van der Waals surface area (Å²) in [6.45, 7) is -0.169. The van der Waals surface area contributed by atoms with E-state index in [9.17, 15) is 18.4 Å². The number of nitrogens with zero attached hydrogens (tertiary/aromatic N) is 1. The second-order valence-corrected chi connectivity index (χ2v) is 8.83. The second-order valence-electron chi connectivity index (χ2n) is 7.35. The highest BCUT2D eigenvalue weighted by Crippen LogP contribution is 2.30. The maximum absolute atomic E-state index is 13.6. The van der Waals surface area contributed by atoms with Crippen molar-refractivity contribution in [3.05, 3.63) is 69.9 Å². The molecule has 1 amide bonds. The van der Waals surface area contributed by atoms with Gasteiger partial charge in [-0.05, 0) is 41.5 Å². The highest BCUT2D eigenvalue weighted by atomic mass is 32.1. The standard InChI is InChI=1S/C24H23F2NO6S2/c25-20-10-19(22(34)11-21(20)26)15-1-3-17(4-2-15)33-13-18-9-16(14-35-18)24(31)27(12-23(29)30)5-7-32-8-6-28/h1-4,9-11,14,28,34H,5-8,12-13H2,(H,29,30). The van der Waals surface area contributed by atoms with Crippen molar-refractivity contribution in [3.8, 4) is 16.9 Å². The third-order valence-corrected chi connectivity index (χ3v) is 6.12. The smallest absolute Gasteiger partial charge is 0.323 e. The van der Waals surface area contributed by atoms with Crippen molar-refractivity contribution < 1.29 is 38.1 Å². The maximum atomic E-state index is 13.6. The number of carboxylic acid groups (broad SMARTS) is 1. The SMILES string of the molecule is O=C(O)CN(CCOCCO)C(=O)c1csc(COc2ccc(-c3cc(F)c(F)cc3S)cc2)c1. The minimum atomic E-state index is -1.14. The van der Waals surface area contributed by atoms with E-state index in [1.54, 1.807) is 35.7 Å². The van der Waals surface area contributed by atoms with Gasteiger partial charge in [0.25, 0.3) is 5.91 Å². The first-order valence-electron chi connectivity index (χ1n) is 10.5. The van der Waals surface area contributed by atoms with Gasteiger partial charge in [-0.2, -0.15) is 0 Å². The highest BCUT2D eigenvalue weighted by molar-refractivity contribution is 7.80. The number of hydrogen-bond acceptors (Lipinski definition) is 7. The summed E-state index contributed by atoms with van der Waals surface area (Å²) in [4.78, 5) is 26.1. The number of amides is 1. The number of benzene rings is 2. The number of thiophene rings is 1. The minimum absolute atomic E-state index is 0.0745. The molecule has 1 aromatic heterocycles. The first kappa shape index (κ1) is 26.6. The number of ether oxygens (including phenoxy) is 2. The summed E-state index contributed by atoms with van der Waals surface area (Å²) in [7, 11) is 0. The molecule has 0 saturated heterocycles. The minimum Gasteiger partial charge on any atom is -0.488 e. The third kappa shape index (κ3) is 7.49. The van der Waals surface area contributed by atoms with Gasteiger partial charge in [-0.1, -0.05) is 12.1 Å². The predicted molar refractivity (Wildman–Crippen MR) is 129 cm³/mol. The molecule has 7 nitrogen and oxygen atoms in total. The number of carbonyl (C=O) groups excluding carboxylic acids is 1. The number of thiol groups is 1. The molecule has 35 heavy (non-hydrogen) atoms. The Bertz CT molecular complexity index is 1170. The molecule has 0 aliphatic heterocycles. The lowest BCUT2D eigenvalue weighted by atomic mass is 10.1. The Morgan fingerprint density at radius 3 is 2.46 bits per heavy atom. The summed E-state index contributed by atoms with van der Waals surface area (Å²) in [5.41, 5.74) is 1.44. The van der Waals surface area contributed by atoms with Crippen molar-refractivity contribution in [2.24, 2.45) is 0 Å². The largest absolute Gasteiger partial charge is 0.488 e. The fourth-order valence-corrected chi connectivity index (χ4v) is 4.24. The van der Waals surface area contributed by atoms with Gasteiger partial charge in [0.05, 0.1) is 25.4 Å². The lowest BCUT2D eigenvalue weighted by Crippen LogP contribution is -2.38. The van der Waals surface area contributed by atoms with Gasteiger partial charge in [0.2, 0.25) is 0 Å². The molecule has 0 unspecified atom stereocenters. The van der Waals surface area contributed by atoms with E-state index >= 15 is 0 Å². The lowest BCUT2D eigenvalue weighted by molar-refractivity contribution is -0.137. The van der Waals surface area contributed by atoms with E-state index in [2.05, 4.69) is 12.6 Å². The molecule has 3 aromatic rings. The molecule has 3 rings (SSSR count). The van der Waals surface area contributed by atoms with Crippen LogP contribution in [0.2, 0.25) is 0 Å². The fraction of sp³-hybridized carbons (Fsp3) is 0.250. The van der Waals surface area contributed by atoms with Gasteiger partial charge in [0.1, 0.15) is 18.9 Å². The summed E-state index contributed by atoms with van der Waals surface area (Å²) in [6, 6.07) is 10.5. The predicted octanol–water partition coefficient (Wildman–Crippen LogP) is 4.10. The van der Waals surface area contributed by atoms with Crippen LogP contribution in [0.5, 0.6) is 5.75 Å². The number of hydrogen-bond donors (Lipinski definition) is 3. The van der Waals surface area contributed by atoms with Crippen molar-refractivity contribution in [1.82, 2.24) is 4.90 Å². The monoisotopic (exact) mass is 523 g/mol. The average molecular weight is 524 g/mol. The first-order chi connectivity index (χ1) is 16.8. The van der Waals surface area contributed by atoms with Crippen molar-refractivity contribution in [2.75, 3.05) is 32.9 Å². The molecule has 186 valence electrons. The van der Waals surface area contributed by atoms with Gasteiger partial charge in [0.15, 0.2) is 11.6 Å². The van der Waals surface area contributed by atoms with Crippen LogP contribution in [0.25, 0.3) is 11.1 Å². The maximum Gasteiger partial charge on any atom is 0.323 e. The number of aliphatic carboxylic acids is 1. The van der Waals surface area contributed by atoms with Crippen molar-refractivity contribution in [2.45, 2.75) is 11.5 Å². The Morgan fingerprint density at radius 2 is 1.77 bits per heavy atom. The quantitative estimate of drug-likeness (QED) is 0.244. The van der Waals surface area contributed by atoms with Gasteiger partial charge in [-0.15, -0.1) is 24.0 Å². The van der Waals surface area contributed by atoms with Crippen molar-refractivity contribution in [1.29, 1.82) is 0 Å². The van der Waals surface area contributed by atoms with Crippen LogP contribution in [-0.4, -0.2) is 59.9 Å². The molecule has 0 atom stereocenters. The summed E-state index contributed by atoms with van der Waals surface area (Å²) in [5, 5.41) is 19.5. The molecular formula is C24H23F2NO6S2. The number of aliphatic hydroxyl groups excluding tert-OH is 1. The molecule has 1 heterocycles. The van der Waals surface area contributed by atoms with Gasteiger partial charge in [-0.25, -0.2) is 8.78 Å². The van der Waals surface area contributed by atoms with Crippen LogP contribution >= 0.6 is 24.0 Å². The van der Waals surface area contributed by atoms with Crippen LogP contribution in [0.4, 0.5) is 8.78 Å². The molecule has 11 heteroatoms. The molecule has 0 radical (unpaired) electrons. The van der Waals surface area contributed by atoms with E-state index in [-0.39, 0.29) is 33.0 Å². The highest BCUT2D eigenvalue weighted by Gasteiger charge is 2.20. The zero-order valence-electron chi connectivity index (χ0n) is 18.4. The Kier molecular flexibility index (Phi) is 9.61. The Labute approximate surface area is 209 Å². The van der Waals surface area contributed by atoms with Gasteiger partial charge in [-0.3, -0.25) is 9.59 Å². The summed E-state index contributed by atoms with van der Waals surface area (Å²) in [6.07, 6.45) is 0. The number of rotatable bonds is 12. The van der Waals surface area contributed by atoms with Crippen LogP contribution < -0.4 is 4.74 Å². The summed E-state index contributed by atoms with van der Waals surface area (Å²) >= 11 is 5.50. The van der Waals surface area contributed by atoms with Crippen LogP contribution in [0.1, 0.15) is 15.2 Å². The zero-order chi connectivity index (χ0) is 25.4. The topological polar surface area (TPSA) is 96.3 Å². The molecule has 0 spiro atoms. The van der Waals surface area contributed by atoms with Gasteiger partial charge < -0.3 is 24.6 Å². The van der Waals surface area contributed by atoms with E-state index in [0.29, 0.717) is 27.3 Å². The van der Waals surface area contributed by atoms with Gasteiger partial charge in [0, 0.05) is 21.7 Å². The van der Waals surface area contributed by atoms with E-state index in [4.69, 9.17) is 19.7 Å². The molecular weight excluding hydrogens is 500 g/mol. The number of carboxylic acids is 1. The normalized spacial score (nSPS) is 10.9. The van der Waals surface area contributed by atoms with E-state index in [1.165, 1.54) is 16.2 Å². The number of aliphatic hydroxyl groups is 1. The molecule has 2 aromatic carbocycles. The van der Waals surface area contributed by atoms with Crippen molar-refractivity contribution >= 4 is 35.8 Å². The van der Waals surface area contributed by atoms with E-state index in [1.807, 2.05) is 0 Å². The third-order valence-electron chi connectivity index (χ3n) is 4.84. The molecule has 2 N–H and O–H groups in total. The lowest BCUT2D eigenvalue weighted by Gasteiger charge is -2.20. The van der Waals surface area contributed by atoms with E-state index in [0.717, 1.165) is 17.0 Å². The summed E-state index contributed by atoms with van der Waals surface area (Å²) in [5.74, 6) is -2.97. The van der Waals surface area contributed by atoms with Crippen LogP contribution in [0, 0.1) is 11.6 Å². The number of halogens is 2. The Balaban J connectivity index is 1.61. The van der Waals surface area contributed by atoms with Crippen molar-refractivity contribution in [3.63, 3.8) is 0 Å². The number of carbonyl (C=O) groups is 2. The van der Waals surface area contributed by atoms with Crippen LogP contribution in [0.15, 0.2) is 52.7 Å². The molecule has 0 bridgehead atoms. The Morgan fingerprint density at radius 1 is 1.06 bits per heavy atom. The summed E-state index contributed by atoms with van der Waals surface area (Å²) < 4.78 is 37.8. The fourth-order valence-electron chi connectivity index (χ4n) is 3.16. The van der Waals surface area contributed by atoms with Crippen LogP contribution in [0.3, 0.4) is 0 Å². The Hall–Kier alpha value is -2.99. The van der Waals surface area contributed by atoms with Crippen LogP contribution in [-0.2, 0) is 16.1 Å². The molecule has 0 fully saturated rings. The zero-order valence-corrected chi connectivity index (χ0v) is 20.2. The van der Waals surface area contributed by atoms with E-state index < -0.39 is 30.1 Å². The molecule has 0 saturated carbocycles.